The third-order valence-electron chi connectivity index (χ3n) is 1.84. The maximum atomic E-state index is 12.3. The summed E-state index contributed by atoms with van der Waals surface area (Å²) in [6.07, 6.45) is -4.43. The van der Waals surface area contributed by atoms with Gasteiger partial charge in [-0.1, -0.05) is 18.7 Å². The zero-order chi connectivity index (χ0) is 11.6. The summed E-state index contributed by atoms with van der Waals surface area (Å²) in [6.45, 7) is 4.85. The van der Waals surface area contributed by atoms with Crippen molar-refractivity contribution < 1.29 is 18.0 Å². The SMILES string of the molecule is C=C(C)C(=O)c1cccc(C(F)(F)F)c1. The summed E-state index contributed by atoms with van der Waals surface area (Å²) in [7, 11) is 0. The minimum Gasteiger partial charge on any atom is -0.289 e. The van der Waals surface area contributed by atoms with Crippen molar-refractivity contribution in [2.24, 2.45) is 0 Å². The third kappa shape index (κ3) is 2.68. The van der Waals surface area contributed by atoms with Crippen LogP contribution in [-0.4, -0.2) is 5.78 Å². The normalized spacial score (nSPS) is 11.2. The number of Topliss-reactive ketones (excluding diaryl/α,β-unsaturated/α-hetero) is 1. The molecule has 80 valence electrons. The van der Waals surface area contributed by atoms with Crippen molar-refractivity contribution in [3.8, 4) is 0 Å². The van der Waals surface area contributed by atoms with Gasteiger partial charge in [0, 0.05) is 5.56 Å². The Hall–Kier alpha value is -1.58. The second-order valence-electron chi connectivity index (χ2n) is 3.19. The number of ketones is 1. The summed E-state index contributed by atoms with van der Waals surface area (Å²) in [5.41, 5.74) is -0.596. The van der Waals surface area contributed by atoms with Gasteiger partial charge in [-0.2, -0.15) is 13.2 Å². The van der Waals surface area contributed by atoms with Crippen LogP contribution in [0.2, 0.25) is 0 Å². The van der Waals surface area contributed by atoms with Gasteiger partial charge in [-0.25, -0.2) is 0 Å². The van der Waals surface area contributed by atoms with Crippen LogP contribution >= 0.6 is 0 Å². The van der Waals surface area contributed by atoms with Gasteiger partial charge < -0.3 is 0 Å². The Morgan fingerprint density at radius 1 is 1.33 bits per heavy atom. The zero-order valence-corrected chi connectivity index (χ0v) is 8.06. The van der Waals surface area contributed by atoms with E-state index in [1.165, 1.54) is 19.1 Å². The van der Waals surface area contributed by atoms with Crippen molar-refractivity contribution in [1.29, 1.82) is 0 Å². The molecule has 0 aromatic heterocycles. The lowest BCUT2D eigenvalue weighted by Crippen LogP contribution is -2.07. The van der Waals surface area contributed by atoms with Gasteiger partial charge in [0.1, 0.15) is 0 Å². The lowest BCUT2D eigenvalue weighted by molar-refractivity contribution is -0.137. The molecule has 0 aliphatic carbocycles. The van der Waals surface area contributed by atoms with Crippen LogP contribution in [0.25, 0.3) is 0 Å². The molecule has 1 aromatic carbocycles. The van der Waals surface area contributed by atoms with Crippen molar-refractivity contribution in [2.75, 3.05) is 0 Å². The van der Waals surface area contributed by atoms with E-state index in [0.717, 1.165) is 12.1 Å². The Labute approximate surface area is 85.2 Å². The molecule has 0 bridgehead atoms. The number of benzene rings is 1. The van der Waals surface area contributed by atoms with Gasteiger partial charge in [0.25, 0.3) is 0 Å². The molecule has 0 aliphatic heterocycles. The Morgan fingerprint density at radius 3 is 2.40 bits per heavy atom. The van der Waals surface area contributed by atoms with Gasteiger partial charge in [-0.05, 0) is 24.6 Å². The van der Waals surface area contributed by atoms with E-state index >= 15 is 0 Å². The molecule has 0 heterocycles. The molecule has 0 spiro atoms. The van der Waals surface area contributed by atoms with Gasteiger partial charge in [0.2, 0.25) is 0 Å². The first-order chi connectivity index (χ1) is 6.82. The van der Waals surface area contributed by atoms with E-state index in [-0.39, 0.29) is 11.1 Å². The smallest absolute Gasteiger partial charge is 0.289 e. The molecule has 15 heavy (non-hydrogen) atoms. The predicted octanol–water partition coefficient (Wildman–Crippen LogP) is 3.46. The van der Waals surface area contributed by atoms with Gasteiger partial charge in [0.15, 0.2) is 5.78 Å². The van der Waals surface area contributed by atoms with E-state index in [0.29, 0.717) is 0 Å². The summed E-state index contributed by atoms with van der Waals surface area (Å²) >= 11 is 0. The molecule has 0 aliphatic rings. The third-order valence-corrected chi connectivity index (χ3v) is 1.84. The zero-order valence-electron chi connectivity index (χ0n) is 8.06. The van der Waals surface area contributed by atoms with E-state index in [1.54, 1.807) is 0 Å². The van der Waals surface area contributed by atoms with E-state index < -0.39 is 17.5 Å². The predicted molar refractivity (Wildman–Crippen MR) is 50.6 cm³/mol. The van der Waals surface area contributed by atoms with Gasteiger partial charge in [-0.15, -0.1) is 0 Å². The Kier molecular flexibility index (Phi) is 2.98. The number of hydrogen-bond donors (Lipinski definition) is 0. The average Bonchev–Trinajstić information content (AvgIpc) is 2.15. The fraction of sp³-hybridized carbons (Fsp3) is 0.182. The quantitative estimate of drug-likeness (QED) is 0.544. The topological polar surface area (TPSA) is 17.1 Å². The summed E-state index contributed by atoms with van der Waals surface area (Å²) in [5, 5.41) is 0. The maximum absolute atomic E-state index is 12.3. The van der Waals surface area contributed by atoms with Crippen LogP contribution in [0.5, 0.6) is 0 Å². The van der Waals surface area contributed by atoms with Crippen molar-refractivity contribution in [2.45, 2.75) is 13.1 Å². The number of alkyl halides is 3. The second kappa shape index (κ2) is 3.88. The van der Waals surface area contributed by atoms with Crippen LogP contribution in [0.15, 0.2) is 36.4 Å². The minimum absolute atomic E-state index is 0.0114. The molecule has 0 N–H and O–H groups in total. The standard InChI is InChI=1S/C11H9F3O/c1-7(2)10(15)8-4-3-5-9(6-8)11(12,13)14/h3-6H,1H2,2H3. The molecular formula is C11H9F3O. The summed E-state index contributed by atoms with van der Waals surface area (Å²) in [5.74, 6) is -0.471. The van der Waals surface area contributed by atoms with Crippen LogP contribution in [0.1, 0.15) is 22.8 Å². The van der Waals surface area contributed by atoms with Crippen molar-refractivity contribution in [3.05, 3.63) is 47.5 Å². The largest absolute Gasteiger partial charge is 0.416 e. The molecule has 0 saturated heterocycles. The second-order valence-corrected chi connectivity index (χ2v) is 3.19. The van der Waals surface area contributed by atoms with Crippen LogP contribution in [0, 0.1) is 0 Å². The molecule has 0 radical (unpaired) electrons. The number of allylic oxidation sites excluding steroid dienone is 1. The van der Waals surface area contributed by atoms with Crippen molar-refractivity contribution in [1.82, 2.24) is 0 Å². The lowest BCUT2D eigenvalue weighted by Gasteiger charge is -2.07. The Morgan fingerprint density at radius 2 is 1.93 bits per heavy atom. The number of halogens is 3. The van der Waals surface area contributed by atoms with E-state index in [1.807, 2.05) is 0 Å². The van der Waals surface area contributed by atoms with E-state index in [4.69, 9.17) is 0 Å². The van der Waals surface area contributed by atoms with Crippen molar-refractivity contribution >= 4 is 5.78 Å². The number of hydrogen-bond acceptors (Lipinski definition) is 1. The number of carbonyl (C=O) groups excluding carboxylic acids is 1. The molecule has 0 fully saturated rings. The highest BCUT2D eigenvalue weighted by molar-refractivity contribution is 6.07. The molecule has 0 saturated carbocycles. The molecule has 0 unspecified atom stereocenters. The fourth-order valence-corrected chi connectivity index (χ4v) is 1.08. The Balaban J connectivity index is 3.14. The maximum Gasteiger partial charge on any atom is 0.416 e. The summed E-state index contributed by atoms with van der Waals surface area (Å²) < 4.78 is 36.9. The highest BCUT2D eigenvalue weighted by atomic mass is 19.4. The first-order valence-electron chi connectivity index (χ1n) is 4.20. The molecule has 0 amide bonds. The summed E-state index contributed by atoms with van der Waals surface area (Å²) in [4.78, 5) is 11.4. The van der Waals surface area contributed by atoms with Crippen molar-refractivity contribution in [3.63, 3.8) is 0 Å². The van der Waals surface area contributed by atoms with Gasteiger partial charge >= 0.3 is 6.18 Å². The van der Waals surface area contributed by atoms with Gasteiger partial charge in [-0.3, -0.25) is 4.79 Å². The monoisotopic (exact) mass is 214 g/mol. The number of rotatable bonds is 2. The first kappa shape index (κ1) is 11.5. The molecule has 0 atom stereocenters. The molecule has 1 nitrogen and oxygen atoms in total. The minimum atomic E-state index is -4.43. The Bertz CT molecular complexity index is 405. The summed E-state index contributed by atoms with van der Waals surface area (Å²) in [6, 6.07) is 4.30. The van der Waals surface area contributed by atoms with E-state index in [9.17, 15) is 18.0 Å². The molecular weight excluding hydrogens is 205 g/mol. The molecule has 1 rings (SSSR count). The highest BCUT2D eigenvalue weighted by Gasteiger charge is 2.30. The lowest BCUT2D eigenvalue weighted by atomic mass is 10.0. The molecule has 1 aromatic rings. The fourth-order valence-electron chi connectivity index (χ4n) is 1.08. The first-order valence-corrected chi connectivity index (χ1v) is 4.20. The number of carbonyl (C=O) groups is 1. The van der Waals surface area contributed by atoms with E-state index in [2.05, 4.69) is 6.58 Å². The van der Waals surface area contributed by atoms with Crippen LogP contribution in [0.3, 0.4) is 0 Å². The average molecular weight is 214 g/mol. The van der Waals surface area contributed by atoms with Gasteiger partial charge in [0.05, 0.1) is 5.56 Å². The highest BCUT2D eigenvalue weighted by Crippen LogP contribution is 2.29. The van der Waals surface area contributed by atoms with Crippen LogP contribution < -0.4 is 0 Å². The molecule has 4 heteroatoms. The van der Waals surface area contributed by atoms with Crippen LogP contribution in [-0.2, 0) is 6.18 Å². The van der Waals surface area contributed by atoms with Crippen LogP contribution in [0.4, 0.5) is 13.2 Å².